The van der Waals surface area contributed by atoms with E-state index < -0.39 is 0 Å². The van der Waals surface area contributed by atoms with Crippen LogP contribution >= 0.6 is 0 Å². The summed E-state index contributed by atoms with van der Waals surface area (Å²) in [5.41, 5.74) is 3.07. The van der Waals surface area contributed by atoms with Gasteiger partial charge in [0.15, 0.2) is 0 Å². The number of aliphatic hydroxyl groups is 1. The molecular formula is C18H23NO2. The SMILES string of the molecule is CCc1cc(CO)cc(Oc2ccc(C(C)CC)cc2)n1. The third-order valence-corrected chi connectivity index (χ3v) is 3.74. The Labute approximate surface area is 126 Å². The summed E-state index contributed by atoms with van der Waals surface area (Å²) in [7, 11) is 0. The minimum absolute atomic E-state index is 0.00116. The second-order valence-electron chi connectivity index (χ2n) is 5.30. The van der Waals surface area contributed by atoms with Crippen molar-refractivity contribution in [1.82, 2.24) is 4.98 Å². The van der Waals surface area contributed by atoms with Gasteiger partial charge in [-0.2, -0.15) is 0 Å². The number of benzene rings is 1. The highest BCUT2D eigenvalue weighted by molar-refractivity contribution is 5.33. The Bertz CT molecular complexity index is 556. The molecular weight excluding hydrogens is 262 g/mol. The Morgan fingerprint density at radius 2 is 1.86 bits per heavy atom. The average molecular weight is 285 g/mol. The van der Waals surface area contributed by atoms with Crippen molar-refractivity contribution in [2.75, 3.05) is 0 Å². The quantitative estimate of drug-likeness (QED) is 0.853. The lowest BCUT2D eigenvalue weighted by atomic mass is 9.99. The highest BCUT2D eigenvalue weighted by atomic mass is 16.5. The van der Waals surface area contributed by atoms with Crippen LogP contribution in [0.3, 0.4) is 0 Å². The summed E-state index contributed by atoms with van der Waals surface area (Å²) in [6.07, 6.45) is 1.94. The number of ether oxygens (including phenoxy) is 1. The first-order valence-corrected chi connectivity index (χ1v) is 7.54. The molecule has 0 aliphatic carbocycles. The van der Waals surface area contributed by atoms with E-state index in [1.807, 2.05) is 25.1 Å². The second kappa shape index (κ2) is 7.23. The van der Waals surface area contributed by atoms with Crippen LogP contribution in [0.4, 0.5) is 0 Å². The van der Waals surface area contributed by atoms with Crippen molar-refractivity contribution in [3.63, 3.8) is 0 Å². The van der Waals surface area contributed by atoms with Gasteiger partial charge in [0.2, 0.25) is 5.88 Å². The lowest BCUT2D eigenvalue weighted by molar-refractivity contribution is 0.281. The molecule has 1 heterocycles. The lowest BCUT2D eigenvalue weighted by Gasteiger charge is -2.11. The fourth-order valence-corrected chi connectivity index (χ4v) is 2.17. The molecule has 1 aromatic carbocycles. The molecule has 0 aliphatic rings. The molecule has 3 heteroatoms. The number of pyridine rings is 1. The first kappa shape index (κ1) is 15.5. The maximum Gasteiger partial charge on any atom is 0.219 e. The minimum Gasteiger partial charge on any atom is -0.439 e. The average Bonchev–Trinajstić information content (AvgIpc) is 2.54. The van der Waals surface area contributed by atoms with Crippen LogP contribution < -0.4 is 4.74 Å². The molecule has 1 atom stereocenters. The van der Waals surface area contributed by atoms with Gasteiger partial charge in [-0.05, 0) is 48.1 Å². The Kier molecular flexibility index (Phi) is 5.34. The van der Waals surface area contributed by atoms with Crippen LogP contribution in [0, 0.1) is 0 Å². The molecule has 0 amide bonds. The maximum atomic E-state index is 9.29. The van der Waals surface area contributed by atoms with Gasteiger partial charge in [-0.1, -0.05) is 32.9 Å². The Morgan fingerprint density at radius 1 is 1.14 bits per heavy atom. The van der Waals surface area contributed by atoms with E-state index in [0.717, 1.165) is 29.8 Å². The Hall–Kier alpha value is -1.87. The van der Waals surface area contributed by atoms with Crippen LogP contribution in [0.5, 0.6) is 11.6 Å². The molecule has 0 spiro atoms. The van der Waals surface area contributed by atoms with Crippen molar-refractivity contribution < 1.29 is 9.84 Å². The zero-order valence-corrected chi connectivity index (χ0v) is 13.0. The number of rotatable bonds is 6. The maximum absolute atomic E-state index is 9.29. The molecule has 1 N–H and O–H groups in total. The summed E-state index contributed by atoms with van der Waals surface area (Å²) < 4.78 is 5.81. The molecule has 0 saturated heterocycles. The molecule has 2 rings (SSSR count). The first-order chi connectivity index (χ1) is 10.2. The zero-order valence-electron chi connectivity index (χ0n) is 13.0. The molecule has 0 saturated carbocycles. The number of aryl methyl sites for hydroxylation is 1. The van der Waals surface area contributed by atoms with Crippen molar-refractivity contribution in [1.29, 1.82) is 0 Å². The Morgan fingerprint density at radius 3 is 2.43 bits per heavy atom. The second-order valence-corrected chi connectivity index (χ2v) is 5.30. The largest absolute Gasteiger partial charge is 0.439 e. The van der Waals surface area contributed by atoms with Crippen molar-refractivity contribution in [3.8, 4) is 11.6 Å². The van der Waals surface area contributed by atoms with Crippen LogP contribution in [-0.4, -0.2) is 10.1 Å². The molecule has 1 aromatic heterocycles. The number of aliphatic hydroxyl groups excluding tert-OH is 1. The molecule has 0 radical (unpaired) electrons. The number of aromatic nitrogens is 1. The molecule has 1 unspecified atom stereocenters. The van der Waals surface area contributed by atoms with Crippen molar-refractivity contribution >= 4 is 0 Å². The zero-order chi connectivity index (χ0) is 15.2. The van der Waals surface area contributed by atoms with Crippen molar-refractivity contribution in [3.05, 3.63) is 53.2 Å². The van der Waals surface area contributed by atoms with Crippen molar-refractivity contribution in [2.24, 2.45) is 0 Å². The molecule has 3 nitrogen and oxygen atoms in total. The predicted octanol–water partition coefficient (Wildman–Crippen LogP) is 4.44. The van der Waals surface area contributed by atoms with E-state index in [4.69, 9.17) is 4.74 Å². The van der Waals surface area contributed by atoms with Crippen LogP contribution in [0.2, 0.25) is 0 Å². The molecule has 2 aromatic rings. The van der Waals surface area contributed by atoms with Crippen molar-refractivity contribution in [2.45, 2.75) is 46.1 Å². The predicted molar refractivity (Wildman–Crippen MR) is 84.8 cm³/mol. The molecule has 0 bridgehead atoms. The van der Waals surface area contributed by atoms with Gasteiger partial charge in [-0.25, -0.2) is 4.98 Å². The Balaban J connectivity index is 2.17. The van der Waals surface area contributed by atoms with Gasteiger partial charge < -0.3 is 9.84 Å². The topological polar surface area (TPSA) is 42.4 Å². The fraction of sp³-hybridized carbons (Fsp3) is 0.389. The van der Waals surface area contributed by atoms with E-state index in [0.29, 0.717) is 11.8 Å². The van der Waals surface area contributed by atoms with E-state index in [-0.39, 0.29) is 6.61 Å². The number of nitrogens with zero attached hydrogens (tertiary/aromatic N) is 1. The van der Waals surface area contributed by atoms with Gasteiger partial charge in [0.1, 0.15) is 5.75 Å². The van der Waals surface area contributed by atoms with Gasteiger partial charge in [-0.15, -0.1) is 0 Å². The van der Waals surface area contributed by atoms with E-state index in [1.165, 1.54) is 5.56 Å². The van der Waals surface area contributed by atoms with Crippen LogP contribution in [0.25, 0.3) is 0 Å². The van der Waals surface area contributed by atoms with Crippen LogP contribution in [0.15, 0.2) is 36.4 Å². The standard InChI is InChI=1S/C18H23NO2/c1-4-13(3)15-6-8-17(9-7-15)21-18-11-14(12-20)10-16(5-2)19-18/h6-11,13,20H,4-5,12H2,1-3H3. The monoisotopic (exact) mass is 285 g/mol. The highest BCUT2D eigenvalue weighted by Gasteiger charge is 2.06. The normalized spacial score (nSPS) is 12.2. The first-order valence-electron chi connectivity index (χ1n) is 7.54. The summed E-state index contributed by atoms with van der Waals surface area (Å²) in [6.45, 7) is 6.44. The lowest BCUT2D eigenvalue weighted by Crippen LogP contribution is -1.96. The van der Waals surface area contributed by atoms with Gasteiger partial charge in [0.25, 0.3) is 0 Å². The summed E-state index contributed by atoms with van der Waals surface area (Å²) in [4.78, 5) is 4.44. The minimum atomic E-state index is -0.00116. The summed E-state index contributed by atoms with van der Waals surface area (Å²) in [5, 5.41) is 9.29. The highest BCUT2D eigenvalue weighted by Crippen LogP contribution is 2.25. The van der Waals surface area contributed by atoms with E-state index in [1.54, 1.807) is 6.07 Å². The van der Waals surface area contributed by atoms with E-state index in [9.17, 15) is 5.11 Å². The third-order valence-electron chi connectivity index (χ3n) is 3.74. The van der Waals surface area contributed by atoms with Gasteiger partial charge in [-0.3, -0.25) is 0 Å². The molecule has 0 fully saturated rings. The van der Waals surface area contributed by atoms with Gasteiger partial charge in [0, 0.05) is 11.8 Å². The van der Waals surface area contributed by atoms with Gasteiger partial charge >= 0.3 is 0 Å². The van der Waals surface area contributed by atoms with E-state index in [2.05, 4.69) is 31.0 Å². The summed E-state index contributed by atoms with van der Waals surface area (Å²) in [5.74, 6) is 1.86. The molecule has 112 valence electrons. The van der Waals surface area contributed by atoms with E-state index >= 15 is 0 Å². The van der Waals surface area contributed by atoms with Gasteiger partial charge in [0.05, 0.1) is 6.61 Å². The number of hydrogen-bond acceptors (Lipinski definition) is 3. The summed E-state index contributed by atoms with van der Waals surface area (Å²) >= 11 is 0. The summed E-state index contributed by atoms with van der Waals surface area (Å²) in [6, 6.07) is 11.8. The smallest absolute Gasteiger partial charge is 0.219 e. The number of hydrogen-bond donors (Lipinski definition) is 1. The third kappa shape index (κ3) is 4.05. The molecule has 0 aliphatic heterocycles. The fourth-order valence-electron chi connectivity index (χ4n) is 2.17. The van der Waals surface area contributed by atoms with Crippen LogP contribution in [0.1, 0.15) is 49.9 Å². The molecule has 21 heavy (non-hydrogen) atoms. The van der Waals surface area contributed by atoms with Crippen LogP contribution in [-0.2, 0) is 13.0 Å².